The van der Waals surface area contributed by atoms with E-state index in [0.29, 0.717) is 34.1 Å². The fourth-order valence-electron chi connectivity index (χ4n) is 3.46. The van der Waals surface area contributed by atoms with Gasteiger partial charge in [0.1, 0.15) is 4.90 Å². The van der Waals surface area contributed by atoms with Gasteiger partial charge in [-0.25, -0.2) is 8.42 Å². The van der Waals surface area contributed by atoms with Crippen LogP contribution in [0.4, 0.5) is 17.1 Å². The molecule has 190 valence electrons. The molecule has 11 nitrogen and oxygen atoms in total. The first kappa shape index (κ1) is 26.3. The molecule has 0 aliphatic heterocycles. The van der Waals surface area contributed by atoms with Crippen molar-refractivity contribution in [2.24, 2.45) is 5.10 Å². The van der Waals surface area contributed by atoms with Gasteiger partial charge in [0.15, 0.2) is 11.5 Å². The molecule has 0 heterocycles. The van der Waals surface area contributed by atoms with E-state index in [1.807, 2.05) is 13.0 Å². The summed E-state index contributed by atoms with van der Waals surface area (Å²) in [5.41, 5.74) is 4.86. The highest BCUT2D eigenvalue weighted by Crippen LogP contribution is 2.39. The number of nitrogens with zero attached hydrogens (tertiary/aromatic N) is 2. The van der Waals surface area contributed by atoms with Crippen molar-refractivity contribution in [2.45, 2.75) is 18.7 Å². The molecule has 0 atom stereocenters. The third-order valence-electron chi connectivity index (χ3n) is 5.22. The molecule has 0 radical (unpaired) electrons. The molecule has 0 aliphatic carbocycles. The van der Waals surface area contributed by atoms with Crippen LogP contribution in [-0.2, 0) is 10.0 Å². The number of hydrazone groups is 1. The molecule has 0 bridgehead atoms. The van der Waals surface area contributed by atoms with Gasteiger partial charge in [0.2, 0.25) is 5.75 Å². The Bertz CT molecular complexity index is 1420. The number of hydrogen-bond acceptors (Lipinski definition) is 9. The average Bonchev–Trinajstić information content (AvgIpc) is 2.85. The average molecular weight is 515 g/mol. The maximum Gasteiger partial charge on any atom is 0.270 e. The number of aryl methyl sites for hydroxylation is 2. The Kier molecular flexibility index (Phi) is 8.00. The number of sulfonamides is 1. The standard InChI is InChI=1S/C24H26N4O7S/c1-15-6-9-19(16(2)12-15)27-36(31,32)22-13-18(28(29)30)8-10-20(22)26-25-14-17-7-11-21(33-3)24(35-5)23(17)34-4/h6-14,26-27H,1-5H3. The minimum atomic E-state index is -4.21. The van der Waals surface area contributed by atoms with Gasteiger partial charge in [0, 0.05) is 17.7 Å². The summed E-state index contributed by atoms with van der Waals surface area (Å²) in [6.45, 7) is 3.65. The lowest BCUT2D eigenvalue weighted by molar-refractivity contribution is -0.385. The van der Waals surface area contributed by atoms with Crippen LogP contribution < -0.4 is 24.4 Å². The van der Waals surface area contributed by atoms with E-state index in [1.165, 1.54) is 39.7 Å². The van der Waals surface area contributed by atoms with Gasteiger partial charge < -0.3 is 14.2 Å². The molecule has 3 aromatic rings. The summed E-state index contributed by atoms with van der Waals surface area (Å²) >= 11 is 0. The van der Waals surface area contributed by atoms with Crippen molar-refractivity contribution in [1.82, 2.24) is 0 Å². The molecule has 2 N–H and O–H groups in total. The maximum absolute atomic E-state index is 13.2. The van der Waals surface area contributed by atoms with Crippen molar-refractivity contribution >= 4 is 33.3 Å². The number of nitrogens with one attached hydrogen (secondary N) is 2. The Morgan fingerprint density at radius 3 is 2.22 bits per heavy atom. The monoisotopic (exact) mass is 514 g/mol. The van der Waals surface area contributed by atoms with Gasteiger partial charge in [-0.2, -0.15) is 5.10 Å². The SMILES string of the molecule is COc1ccc(C=NNc2ccc([N+](=O)[O-])cc2S(=O)(=O)Nc2ccc(C)cc2C)c(OC)c1OC. The lowest BCUT2D eigenvalue weighted by Gasteiger charge is -2.14. The van der Waals surface area contributed by atoms with Crippen molar-refractivity contribution in [2.75, 3.05) is 31.5 Å². The first-order valence-corrected chi connectivity index (χ1v) is 12.1. The topological polar surface area (TPSA) is 141 Å². The Morgan fingerprint density at radius 1 is 0.917 bits per heavy atom. The molecule has 3 aromatic carbocycles. The lowest BCUT2D eigenvalue weighted by atomic mass is 10.1. The number of nitro benzene ring substituents is 1. The number of benzene rings is 3. The number of hydrogen-bond donors (Lipinski definition) is 2. The summed E-state index contributed by atoms with van der Waals surface area (Å²) < 4.78 is 45.0. The Morgan fingerprint density at radius 2 is 1.61 bits per heavy atom. The molecule has 36 heavy (non-hydrogen) atoms. The van der Waals surface area contributed by atoms with Crippen LogP contribution in [0.25, 0.3) is 0 Å². The number of ether oxygens (including phenoxy) is 3. The van der Waals surface area contributed by atoms with E-state index in [0.717, 1.165) is 11.6 Å². The summed E-state index contributed by atoms with van der Waals surface area (Å²) in [5.74, 6) is 1.18. The predicted octanol–water partition coefficient (Wildman–Crippen LogP) is 4.48. The van der Waals surface area contributed by atoms with E-state index in [4.69, 9.17) is 14.2 Å². The quantitative estimate of drug-likeness (QED) is 0.229. The third kappa shape index (κ3) is 5.66. The molecule has 0 saturated carbocycles. The van der Waals surface area contributed by atoms with Gasteiger partial charge >= 0.3 is 0 Å². The van der Waals surface area contributed by atoms with Crippen molar-refractivity contribution in [3.8, 4) is 17.2 Å². The summed E-state index contributed by atoms with van der Waals surface area (Å²) in [6, 6.07) is 12.0. The molecular formula is C24H26N4O7S. The summed E-state index contributed by atoms with van der Waals surface area (Å²) in [7, 11) is 0.209. The van der Waals surface area contributed by atoms with Crippen molar-refractivity contribution < 1.29 is 27.6 Å². The first-order chi connectivity index (χ1) is 17.1. The molecule has 0 saturated heterocycles. The molecule has 0 fully saturated rings. The highest BCUT2D eigenvalue weighted by atomic mass is 32.2. The van der Waals surface area contributed by atoms with Crippen LogP contribution in [0, 0.1) is 24.0 Å². The van der Waals surface area contributed by atoms with Crippen LogP contribution in [0.1, 0.15) is 16.7 Å². The predicted molar refractivity (Wildman–Crippen MR) is 137 cm³/mol. The zero-order valence-corrected chi connectivity index (χ0v) is 21.2. The summed E-state index contributed by atoms with van der Waals surface area (Å²) in [4.78, 5) is 10.3. The molecule has 12 heteroatoms. The molecule has 0 unspecified atom stereocenters. The summed E-state index contributed by atoms with van der Waals surface area (Å²) in [6.07, 6.45) is 1.40. The highest BCUT2D eigenvalue weighted by molar-refractivity contribution is 7.92. The second-order valence-electron chi connectivity index (χ2n) is 7.65. The first-order valence-electron chi connectivity index (χ1n) is 10.6. The maximum atomic E-state index is 13.2. The van der Waals surface area contributed by atoms with Crippen molar-refractivity contribution in [3.63, 3.8) is 0 Å². The normalized spacial score (nSPS) is 11.2. The fourth-order valence-corrected chi connectivity index (χ4v) is 4.77. The van der Waals surface area contributed by atoms with Crippen molar-refractivity contribution in [3.05, 3.63) is 75.3 Å². The van der Waals surface area contributed by atoms with Gasteiger partial charge in [-0.3, -0.25) is 20.3 Å². The van der Waals surface area contributed by atoms with Gasteiger partial charge in [0.05, 0.1) is 43.8 Å². The van der Waals surface area contributed by atoms with E-state index in [-0.39, 0.29) is 16.3 Å². The minimum absolute atomic E-state index is 0.0357. The van der Waals surface area contributed by atoms with Gasteiger partial charge in [-0.15, -0.1) is 0 Å². The largest absolute Gasteiger partial charge is 0.493 e. The second-order valence-corrected chi connectivity index (χ2v) is 9.31. The van der Waals surface area contributed by atoms with Crippen LogP contribution in [0.3, 0.4) is 0 Å². The van der Waals surface area contributed by atoms with Crippen LogP contribution in [-0.4, -0.2) is 40.9 Å². The van der Waals surface area contributed by atoms with Gasteiger partial charge in [0.25, 0.3) is 15.7 Å². The number of nitro groups is 1. The molecule has 0 aliphatic rings. The molecule has 0 spiro atoms. The lowest BCUT2D eigenvalue weighted by Crippen LogP contribution is -2.16. The van der Waals surface area contributed by atoms with Crippen molar-refractivity contribution in [1.29, 1.82) is 0 Å². The number of non-ortho nitro benzene ring substituents is 1. The van der Waals surface area contributed by atoms with Gasteiger partial charge in [-0.1, -0.05) is 17.7 Å². The van der Waals surface area contributed by atoms with Crippen LogP contribution in [0.15, 0.2) is 58.5 Å². The van der Waals surface area contributed by atoms with E-state index in [2.05, 4.69) is 15.2 Å². The van der Waals surface area contributed by atoms with Gasteiger partial charge in [-0.05, 0) is 43.7 Å². The molecule has 3 rings (SSSR count). The zero-order chi connectivity index (χ0) is 26.5. The van der Waals surface area contributed by atoms with Crippen LogP contribution in [0.5, 0.6) is 17.2 Å². The Hall–Kier alpha value is -4.32. The smallest absolute Gasteiger partial charge is 0.270 e. The van der Waals surface area contributed by atoms with Crippen LogP contribution in [0.2, 0.25) is 0 Å². The third-order valence-corrected chi connectivity index (χ3v) is 6.62. The second kappa shape index (κ2) is 11.0. The minimum Gasteiger partial charge on any atom is -0.493 e. The number of anilines is 2. The van der Waals surface area contributed by atoms with E-state index in [9.17, 15) is 18.5 Å². The van der Waals surface area contributed by atoms with E-state index in [1.54, 1.807) is 31.2 Å². The van der Waals surface area contributed by atoms with E-state index >= 15 is 0 Å². The molecule has 0 amide bonds. The molecular weight excluding hydrogens is 488 g/mol. The highest BCUT2D eigenvalue weighted by Gasteiger charge is 2.23. The van der Waals surface area contributed by atoms with Crippen LogP contribution >= 0.6 is 0 Å². The Balaban J connectivity index is 1.99. The zero-order valence-electron chi connectivity index (χ0n) is 20.4. The number of methoxy groups -OCH3 is 3. The Labute approximate surface area is 208 Å². The molecule has 0 aromatic heterocycles. The summed E-state index contributed by atoms with van der Waals surface area (Å²) in [5, 5.41) is 15.5. The fraction of sp³-hybridized carbons (Fsp3) is 0.208. The number of rotatable bonds is 10. The van der Waals surface area contributed by atoms with E-state index < -0.39 is 14.9 Å².